The van der Waals surface area contributed by atoms with Crippen molar-refractivity contribution in [2.45, 2.75) is 262 Å². The van der Waals surface area contributed by atoms with Gasteiger partial charge in [-0.2, -0.15) is 0 Å². The molecule has 0 radical (unpaired) electrons. The fraction of sp³-hybridized carbons (Fsp3) is 0.741. The van der Waals surface area contributed by atoms with Crippen LogP contribution < -0.4 is 5.32 Å². The van der Waals surface area contributed by atoms with Gasteiger partial charge in [-0.15, -0.1) is 0 Å². The summed E-state index contributed by atoms with van der Waals surface area (Å²) < 4.78 is 11.2. The van der Waals surface area contributed by atoms with Gasteiger partial charge in [0, 0.05) is 6.42 Å². The highest BCUT2D eigenvalue weighted by Crippen LogP contribution is 2.23. The van der Waals surface area contributed by atoms with E-state index in [0.29, 0.717) is 6.42 Å². The summed E-state index contributed by atoms with van der Waals surface area (Å²) in [5.74, 6) is -0.193. The van der Waals surface area contributed by atoms with Crippen molar-refractivity contribution in [2.75, 3.05) is 13.2 Å². The van der Waals surface area contributed by atoms with Gasteiger partial charge in [0.2, 0.25) is 5.91 Å². The highest BCUT2D eigenvalue weighted by Gasteiger charge is 2.44. The maximum Gasteiger partial charge on any atom is 0.220 e. The van der Waals surface area contributed by atoms with Gasteiger partial charge in [-0.1, -0.05) is 221 Å². The molecule has 1 aliphatic rings. The Hall–Kier alpha value is -2.63. The molecule has 1 heterocycles. The standard InChI is InChI=1S/C58H101NO8/c1-3-5-7-9-11-13-15-16-17-18-19-20-21-22-23-24-25-26-27-28-29-30-31-32-33-34-35-36-38-40-42-44-46-48-54(62)59-51(50-66-58-57(65)56(64)55(63)53(49-60)67-58)52(61)47-45-43-41-39-37-14-12-10-8-6-4-2/h5,7-8,10-11,13,16-17,19-20,37,39,45,47,51-53,55-58,60-61,63-65H,3-4,6,9,12,14-15,18,21-36,38,40-44,46,48-50H2,1-2H3,(H,59,62)/b7-5-,10-8+,13-11-,17-16-,20-19-,39-37+,47-45+. The maximum absolute atomic E-state index is 13.0. The number of unbranched alkanes of at least 4 members (excludes halogenated alkanes) is 23. The molecule has 67 heavy (non-hydrogen) atoms. The van der Waals surface area contributed by atoms with Crippen molar-refractivity contribution in [3.63, 3.8) is 0 Å². The van der Waals surface area contributed by atoms with Crippen molar-refractivity contribution in [1.29, 1.82) is 0 Å². The lowest BCUT2D eigenvalue weighted by molar-refractivity contribution is -0.302. The van der Waals surface area contributed by atoms with Gasteiger partial charge in [0.05, 0.1) is 25.4 Å². The number of hydrogen-bond acceptors (Lipinski definition) is 8. The number of aliphatic hydroxyl groups excluding tert-OH is 5. The van der Waals surface area contributed by atoms with E-state index in [1.165, 1.54) is 116 Å². The Kier molecular flexibility index (Phi) is 43.8. The second-order valence-corrected chi connectivity index (χ2v) is 18.6. The Bertz CT molecular complexity index is 1320. The summed E-state index contributed by atoms with van der Waals surface area (Å²) in [6.45, 7) is 3.56. The van der Waals surface area contributed by atoms with Gasteiger partial charge < -0.3 is 40.3 Å². The zero-order chi connectivity index (χ0) is 48.7. The Morgan fingerprint density at radius 3 is 1.42 bits per heavy atom. The van der Waals surface area contributed by atoms with Gasteiger partial charge in [-0.05, 0) is 77.0 Å². The molecule has 1 aliphatic heterocycles. The fourth-order valence-electron chi connectivity index (χ4n) is 8.13. The van der Waals surface area contributed by atoms with Gasteiger partial charge in [0.25, 0.3) is 0 Å². The monoisotopic (exact) mass is 940 g/mol. The van der Waals surface area contributed by atoms with Gasteiger partial charge in [-0.3, -0.25) is 4.79 Å². The van der Waals surface area contributed by atoms with Gasteiger partial charge in [-0.25, -0.2) is 0 Å². The zero-order valence-corrected chi connectivity index (χ0v) is 42.6. The predicted molar refractivity (Wildman–Crippen MR) is 281 cm³/mol. The molecule has 0 aliphatic carbocycles. The maximum atomic E-state index is 13.0. The van der Waals surface area contributed by atoms with Crippen LogP contribution in [0, 0.1) is 0 Å². The lowest BCUT2D eigenvalue weighted by Gasteiger charge is -2.40. The van der Waals surface area contributed by atoms with E-state index < -0.39 is 49.5 Å². The van der Waals surface area contributed by atoms with Crippen molar-refractivity contribution >= 4 is 5.91 Å². The van der Waals surface area contributed by atoms with Crippen LogP contribution in [0.15, 0.2) is 85.1 Å². The summed E-state index contributed by atoms with van der Waals surface area (Å²) in [7, 11) is 0. The van der Waals surface area contributed by atoms with Crippen LogP contribution in [0.2, 0.25) is 0 Å². The number of hydrogen-bond donors (Lipinski definition) is 6. The molecule has 0 aromatic carbocycles. The minimum atomic E-state index is -1.58. The molecule has 1 fully saturated rings. The van der Waals surface area contributed by atoms with Crippen molar-refractivity contribution in [3.05, 3.63) is 85.1 Å². The minimum Gasteiger partial charge on any atom is -0.394 e. The molecule has 1 rings (SSSR count). The van der Waals surface area contributed by atoms with Crippen molar-refractivity contribution in [1.82, 2.24) is 5.32 Å². The molecule has 0 aromatic heterocycles. The van der Waals surface area contributed by atoms with Crippen LogP contribution >= 0.6 is 0 Å². The number of allylic oxidation sites excluding steroid dienone is 13. The van der Waals surface area contributed by atoms with Crippen LogP contribution in [0.3, 0.4) is 0 Å². The molecule has 9 nitrogen and oxygen atoms in total. The molecule has 0 saturated carbocycles. The molecular formula is C58H101NO8. The first-order chi connectivity index (χ1) is 32.8. The van der Waals surface area contributed by atoms with E-state index in [4.69, 9.17) is 9.47 Å². The molecule has 6 N–H and O–H groups in total. The first-order valence-corrected chi connectivity index (χ1v) is 27.3. The summed E-state index contributed by atoms with van der Waals surface area (Å²) in [4.78, 5) is 13.0. The fourth-order valence-corrected chi connectivity index (χ4v) is 8.13. The molecule has 0 bridgehead atoms. The first kappa shape index (κ1) is 62.4. The highest BCUT2D eigenvalue weighted by atomic mass is 16.7. The summed E-state index contributed by atoms with van der Waals surface area (Å²) >= 11 is 0. The third kappa shape index (κ3) is 36.9. The number of carbonyl (C=O) groups excluding carboxylic acids is 1. The topological polar surface area (TPSA) is 149 Å². The van der Waals surface area contributed by atoms with E-state index >= 15 is 0 Å². The number of carbonyl (C=O) groups is 1. The molecular weight excluding hydrogens is 839 g/mol. The molecule has 1 saturated heterocycles. The number of amides is 1. The second kappa shape index (κ2) is 47.1. The van der Waals surface area contributed by atoms with Crippen LogP contribution in [0.25, 0.3) is 0 Å². The first-order valence-electron chi connectivity index (χ1n) is 27.3. The van der Waals surface area contributed by atoms with Crippen LogP contribution in [0.5, 0.6) is 0 Å². The number of aliphatic hydroxyl groups is 5. The van der Waals surface area contributed by atoms with Gasteiger partial charge in [0.1, 0.15) is 24.4 Å². The Morgan fingerprint density at radius 2 is 0.940 bits per heavy atom. The van der Waals surface area contributed by atoms with E-state index in [0.717, 1.165) is 83.5 Å². The third-order valence-electron chi connectivity index (χ3n) is 12.4. The van der Waals surface area contributed by atoms with E-state index in [1.807, 2.05) is 6.08 Å². The van der Waals surface area contributed by atoms with Crippen LogP contribution in [0.4, 0.5) is 0 Å². The average Bonchev–Trinajstić information content (AvgIpc) is 3.33. The lowest BCUT2D eigenvalue weighted by Crippen LogP contribution is -2.60. The summed E-state index contributed by atoms with van der Waals surface area (Å²) in [5, 5.41) is 54.2. The molecule has 1 amide bonds. The second-order valence-electron chi connectivity index (χ2n) is 18.6. The molecule has 386 valence electrons. The third-order valence-corrected chi connectivity index (χ3v) is 12.4. The minimum absolute atomic E-state index is 0.193. The van der Waals surface area contributed by atoms with Crippen LogP contribution in [0.1, 0.15) is 219 Å². The number of rotatable bonds is 45. The number of ether oxygens (including phenoxy) is 2. The van der Waals surface area contributed by atoms with Gasteiger partial charge in [0.15, 0.2) is 6.29 Å². The van der Waals surface area contributed by atoms with Crippen LogP contribution in [-0.2, 0) is 14.3 Å². The lowest BCUT2D eigenvalue weighted by atomic mass is 9.99. The molecule has 0 aromatic rings. The predicted octanol–water partition coefficient (Wildman–Crippen LogP) is 13.1. The SMILES string of the molecule is CC/C=C\C/C=C\C/C=C\C/C=C\CCCCCCCCCCCCCCCCCCCCCCC(=O)NC(COC1OC(CO)C(O)C(O)C1O)C(O)/C=C/CC/C=C/CC/C=C/CCC. The molecule has 7 unspecified atom stereocenters. The van der Waals surface area contributed by atoms with Crippen LogP contribution in [-0.4, -0.2) is 87.5 Å². The highest BCUT2D eigenvalue weighted by molar-refractivity contribution is 5.76. The van der Waals surface area contributed by atoms with E-state index in [9.17, 15) is 30.3 Å². The summed E-state index contributed by atoms with van der Waals surface area (Å²) in [6.07, 6.45) is 59.6. The van der Waals surface area contributed by atoms with Gasteiger partial charge >= 0.3 is 0 Å². The zero-order valence-electron chi connectivity index (χ0n) is 42.6. The van der Waals surface area contributed by atoms with Crippen molar-refractivity contribution < 1.29 is 39.8 Å². The van der Waals surface area contributed by atoms with Crippen molar-refractivity contribution in [2.24, 2.45) is 0 Å². The van der Waals surface area contributed by atoms with E-state index in [-0.39, 0.29) is 12.5 Å². The molecule has 7 atom stereocenters. The van der Waals surface area contributed by atoms with E-state index in [1.54, 1.807) is 6.08 Å². The summed E-state index contributed by atoms with van der Waals surface area (Å²) in [5.41, 5.74) is 0. The quantitative estimate of drug-likeness (QED) is 0.0261. The largest absolute Gasteiger partial charge is 0.394 e. The Balaban J connectivity index is 2.11. The number of nitrogens with one attached hydrogen (secondary N) is 1. The Labute approximate surface area is 410 Å². The summed E-state index contributed by atoms with van der Waals surface area (Å²) in [6, 6.07) is -0.829. The smallest absolute Gasteiger partial charge is 0.220 e. The molecule has 0 spiro atoms. The molecule has 9 heteroatoms. The van der Waals surface area contributed by atoms with E-state index in [2.05, 4.69) is 92.1 Å². The normalized spacial score (nSPS) is 20.4. The average molecular weight is 940 g/mol. The Morgan fingerprint density at radius 1 is 0.522 bits per heavy atom. The van der Waals surface area contributed by atoms with Crippen molar-refractivity contribution in [3.8, 4) is 0 Å².